The number of aliphatic imine (C=N–C) groups is 3. The van der Waals surface area contributed by atoms with Crippen LogP contribution in [0, 0.1) is 0 Å². The van der Waals surface area contributed by atoms with Gasteiger partial charge >= 0.3 is 0 Å². The van der Waals surface area contributed by atoms with Crippen LogP contribution in [0.5, 0.6) is 0 Å². The normalized spacial score (nSPS) is 36.4. The molecule has 3 heterocycles. The second-order valence-electron chi connectivity index (χ2n) is 6.87. The number of aliphatic hydroxyl groups is 2. The second kappa shape index (κ2) is 7.37. The third kappa shape index (κ3) is 3.45. The van der Waals surface area contributed by atoms with Crippen LogP contribution in [0.4, 0.5) is 0 Å². The van der Waals surface area contributed by atoms with Crippen molar-refractivity contribution < 1.29 is 14.9 Å². The van der Waals surface area contributed by atoms with Gasteiger partial charge < -0.3 is 19.8 Å². The third-order valence-electron chi connectivity index (χ3n) is 4.54. The van der Waals surface area contributed by atoms with Gasteiger partial charge in [-0.1, -0.05) is 11.6 Å². The SMILES string of the molecule is CC(C)=CCNC1(N)N=C(C)N=C2C1=NCN2[C@@H]1O[C@H](CO)[C@@H](O)[C@H]1S. The molecule has 5 atom stereocenters. The van der Waals surface area contributed by atoms with Gasteiger partial charge in [0.25, 0.3) is 0 Å². The number of hydrogen-bond acceptors (Lipinski definition) is 10. The summed E-state index contributed by atoms with van der Waals surface area (Å²) in [4.78, 5) is 15.2. The number of fused-ring (bicyclic) bond motifs is 1. The summed E-state index contributed by atoms with van der Waals surface area (Å²) >= 11 is 4.45. The van der Waals surface area contributed by atoms with Crippen LogP contribution < -0.4 is 11.1 Å². The molecule has 3 aliphatic rings. The van der Waals surface area contributed by atoms with Gasteiger partial charge in [0.05, 0.1) is 18.0 Å². The Morgan fingerprint density at radius 3 is 2.88 bits per heavy atom. The van der Waals surface area contributed by atoms with E-state index in [2.05, 4.69) is 32.9 Å². The molecule has 1 fully saturated rings. The summed E-state index contributed by atoms with van der Waals surface area (Å²) in [7, 11) is 0. The number of nitrogens with zero attached hydrogens (tertiary/aromatic N) is 4. The van der Waals surface area contributed by atoms with E-state index in [-0.39, 0.29) is 13.3 Å². The maximum Gasteiger partial charge on any atom is 0.211 e. The van der Waals surface area contributed by atoms with Gasteiger partial charge in [-0.3, -0.25) is 16.0 Å². The van der Waals surface area contributed by atoms with Gasteiger partial charge in [-0.05, 0) is 20.8 Å². The van der Waals surface area contributed by atoms with Gasteiger partial charge in [0.2, 0.25) is 5.79 Å². The molecule has 0 aromatic carbocycles. The zero-order valence-corrected chi connectivity index (χ0v) is 16.0. The van der Waals surface area contributed by atoms with E-state index in [4.69, 9.17) is 10.5 Å². The molecule has 0 saturated carbocycles. The largest absolute Gasteiger partial charge is 0.394 e. The number of amidine groups is 2. The number of hydrogen-bond donors (Lipinski definition) is 5. The Morgan fingerprint density at radius 2 is 2.27 bits per heavy atom. The van der Waals surface area contributed by atoms with Crippen LogP contribution in [0.25, 0.3) is 0 Å². The maximum absolute atomic E-state index is 10.2. The molecule has 1 unspecified atom stereocenters. The molecule has 0 radical (unpaired) electrons. The highest BCUT2D eigenvalue weighted by Gasteiger charge is 2.50. The number of nitrogens with two attached hydrogens (primary N) is 1. The highest BCUT2D eigenvalue weighted by Crippen LogP contribution is 2.31. The summed E-state index contributed by atoms with van der Waals surface area (Å²) in [5, 5.41) is 22.2. The molecular weight excluding hydrogens is 356 g/mol. The number of thiol groups is 1. The predicted octanol–water partition coefficient (Wildman–Crippen LogP) is -0.924. The Balaban J connectivity index is 1.82. The molecule has 1 saturated heterocycles. The lowest BCUT2D eigenvalue weighted by atomic mass is 10.1. The average molecular weight is 382 g/mol. The standard InChI is InChI=1S/C16H26N6O3S/c1-8(2)4-5-19-16(17)13-14(20-9(3)21-16)22(7-18-13)15-12(26)11(24)10(6-23)25-15/h4,10-12,15,19,23-24,26H,5-7,17H2,1-3H3/t10-,11-,12-,15-,16?/m1/s1. The number of allylic oxidation sites excluding steroid dienone is 1. The second-order valence-corrected chi connectivity index (χ2v) is 7.47. The monoisotopic (exact) mass is 382 g/mol. The first-order chi connectivity index (χ1) is 12.3. The quantitative estimate of drug-likeness (QED) is 0.238. The minimum atomic E-state index is -1.18. The van der Waals surface area contributed by atoms with Crippen LogP contribution in [0.15, 0.2) is 26.6 Å². The van der Waals surface area contributed by atoms with Crippen molar-refractivity contribution in [1.82, 2.24) is 10.2 Å². The summed E-state index contributed by atoms with van der Waals surface area (Å²) in [6.07, 6.45) is -0.124. The minimum absolute atomic E-state index is 0.271. The molecule has 0 aromatic rings. The number of aliphatic hydroxyl groups excluding tert-OH is 2. The van der Waals surface area contributed by atoms with E-state index in [1.165, 1.54) is 5.57 Å². The zero-order valence-electron chi connectivity index (χ0n) is 15.1. The molecule has 3 aliphatic heterocycles. The summed E-state index contributed by atoms with van der Waals surface area (Å²) < 4.78 is 5.77. The van der Waals surface area contributed by atoms with Crippen molar-refractivity contribution in [2.24, 2.45) is 20.7 Å². The van der Waals surface area contributed by atoms with Crippen LogP contribution in [0.1, 0.15) is 20.8 Å². The van der Waals surface area contributed by atoms with Crippen molar-refractivity contribution in [2.75, 3.05) is 19.8 Å². The lowest BCUT2D eigenvalue weighted by Gasteiger charge is -2.33. The average Bonchev–Trinajstić information content (AvgIpc) is 3.09. The fourth-order valence-corrected chi connectivity index (χ4v) is 3.61. The summed E-state index contributed by atoms with van der Waals surface area (Å²) in [5.74, 6) is -0.104. The third-order valence-corrected chi connectivity index (χ3v) is 5.10. The van der Waals surface area contributed by atoms with E-state index >= 15 is 0 Å². The Labute approximate surface area is 158 Å². The van der Waals surface area contributed by atoms with E-state index in [0.29, 0.717) is 23.9 Å². The maximum atomic E-state index is 10.2. The minimum Gasteiger partial charge on any atom is -0.394 e. The molecule has 26 heavy (non-hydrogen) atoms. The summed E-state index contributed by atoms with van der Waals surface area (Å²) in [6, 6.07) is 0. The van der Waals surface area contributed by atoms with Gasteiger partial charge in [-0.2, -0.15) is 12.6 Å². The molecule has 9 nitrogen and oxygen atoms in total. The van der Waals surface area contributed by atoms with Gasteiger partial charge in [0.1, 0.15) is 30.5 Å². The molecule has 3 rings (SSSR count). The first kappa shape index (κ1) is 19.5. The molecular formula is C16H26N6O3S. The molecule has 0 amide bonds. The van der Waals surface area contributed by atoms with Crippen LogP contribution >= 0.6 is 12.6 Å². The van der Waals surface area contributed by atoms with Crippen molar-refractivity contribution in [3.05, 3.63) is 11.6 Å². The Morgan fingerprint density at radius 1 is 1.54 bits per heavy atom. The topological polar surface area (TPSA) is 128 Å². The van der Waals surface area contributed by atoms with Crippen molar-refractivity contribution in [2.45, 2.75) is 50.2 Å². The summed E-state index contributed by atoms with van der Waals surface area (Å²) in [6.45, 7) is 6.32. The molecule has 144 valence electrons. The van der Waals surface area contributed by atoms with Gasteiger partial charge in [0.15, 0.2) is 5.84 Å². The Hall–Kier alpha value is -1.30. The van der Waals surface area contributed by atoms with Gasteiger partial charge in [-0.15, -0.1) is 0 Å². The lowest BCUT2D eigenvalue weighted by molar-refractivity contribution is -0.0556. The van der Waals surface area contributed by atoms with E-state index < -0.39 is 29.5 Å². The Kier molecular flexibility index (Phi) is 5.52. The zero-order chi connectivity index (χ0) is 19.1. The van der Waals surface area contributed by atoms with Crippen molar-refractivity contribution in [1.29, 1.82) is 0 Å². The van der Waals surface area contributed by atoms with E-state index in [1.807, 2.05) is 19.9 Å². The number of nitrogens with one attached hydrogen (secondary N) is 1. The van der Waals surface area contributed by atoms with Crippen LogP contribution in [-0.4, -0.2) is 81.8 Å². The predicted molar refractivity (Wildman–Crippen MR) is 104 cm³/mol. The van der Waals surface area contributed by atoms with Gasteiger partial charge in [0, 0.05) is 6.54 Å². The van der Waals surface area contributed by atoms with Gasteiger partial charge in [-0.25, -0.2) is 9.98 Å². The first-order valence-electron chi connectivity index (χ1n) is 8.53. The van der Waals surface area contributed by atoms with E-state index in [0.717, 1.165) is 0 Å². The molecule has 5 N–H and O–H groups in total. The molecule has 0 bridgehead atoms. The fraction of sp³-hybridized carbons (Fsp3) is 0.688. The van der Waals surface area contributed by atoms with E-state index in [1.54, 1.807) is 11.8 Å². The van der Waals surface area contributed by atoms with Crippen molar-refractivity contribution >= 4 is 30.0 Å². The molecule has 0 aromatic heterocycles. The fourth-order valence-electron chi connectivity index (χ4n) is 3.19. The van der Waals surface area contributed by atoms with Crippen molar-refractivity contribution in [3.8, 4) is 0 Å². The lowest BCUT2D eigenvalue weighted by Crippen LogP contribution is -2.63. The highest BCUT2D eigenvalue weighted by molar-refractivity contribution is 7.81. The first-order valence-corrected chi connectivity index (χ1v) is 9.05. The Bertz CT molecular complexity index is 689. The smallest absolute Gasteiger partial charge is 0.211 e. The molecule has 10 heteroatoms. The number of rotatable bonds is 5. The van der Waals surface area contributed by atoms with Crippen LogP contribution in [0.2, 0.25) is 0 Å². The van der Waals surface area contributed by atoms with Crippen LogP contribution in [-0.2, 0) is 4.74 Å². The number of ether oxygens (including phenoxy) is 1. The molecule has 0 aliphatic carbocycles. The van der Waals surface area contributed by atoms with Crippen LogP contribution in [0.3, 0.4) is 0 Å². The summed E-state index contributed by atoms with van der Waals surface area (Å²) in [5.41, 5.74) is 8.18. The van der Waals surface area contributed by atoms with E-state index in [9.17, 15) is 10.2 Å². The molecule has 0 spiro atoms. The highest BCUT2D eigenvalue weighted by atomic mass is 32.1. The van der Waals surface area contributed by atoms with Crippen molar-refractivity contribution in [3.63, 3.8) is 0 Å².